The van der Waals surface area contributed by atoms with E-state index >= 15 is 0 Å². The van der Waals surface area contributed by atoms with Crippen LogP contribution < -0.4 is 9.80 Å². The number of para-hydroxylation sites is 2. The molecule has 0 aromatic heterocycles. The first-order valence-corrected chi connectivity index (χ1v) is 30.5. The number of hydrogen-bond donors (Lipinski definition) is 0. The van der Waals surface area contributed by atoms with E-state index in [4.69, 9.17) is 0 Å². The van der Waals surface area contributed by atoms with Crippen LogP contribution in [-0.4, -0.2) is 0 Å². The molecule has 0 atom stereocenters. The van der Waals surface area contributed by atoms with Crippen LogP contribution in [0.25, 0.3) is 143 Å². The summed E-state index contributed by atoms with van der Waals surface area (Å²) in [6.45, 7) is 0. The number of benzene rings is 16. The molecule has 0 heterocycles. The molecule has 0 amide bonds. The van der Waals surface area contributed by atoms with Gasteiger partial charge in [0, 0.05) is 34.1 Å². The second-order valence-electron chi connectivity index (χ2n) is 23.5. The summed E-state index contributed by atoms with van der Waals surface area (Å²) >= 11 is 0. The molecule has 16 aromatic rings. The molecule has 0 radical (unpaired) electrons. The van der Waals surface area contributed by atoms with Crippen molar-refractivity contribution in [3.8, 4) is 89.0 Å². The first-order chi connectivity index (χ1) is 43.7. The third-order valence-corrected chi connectivity index (χ3v) is 18.6. The quantitative estimate of drug-likeness (QED) is 0.126. The molecule has 0 unspecified atom stereocenters. The molecule has 18 rings (SSSR count). The van der Waals surface area contributed by atoms with Crippen LogP contribution in [0.1, 0.15) is 0 Å². The Balaban J connectivity index is 0.977. The largest absolute Gasteiger partial charge is 0.310 e. The van der Waals surface area contributed by atoms with Crippen LogP contribution in [0.5, 0.6) is 0 Å². The highest BCUT2D eigenvalue weighted by atomic mass is 15.1. The smallest absolute Gasteiger partial charge is 0.0473 e. The Morgan fingerprint density at radius 2 is 0.523 bits per heavy atom. The lowest BCUT2D eigenvalue weighted by Gasteiger charge is -2.29. The minimum Gasteiger partial charge on any atom is -0.310 e. The maximum Gasteiger partial charge on any atom is 0.0473 e. The lowest BCUT2D eigenvalue weighted by molar-refractivity contribution is 1.29. The average molecular weight is 1120 g/mol. The molecular weight excluding hydrogens is 1060 g/mol. The fraction of sp³-hybridized carbons (Fsp3) is 0. The summed E-state index contributed by atoms with van der Waals surface area (Å²) in [7, 11) is 0. The Kier molecular flexibility index (Phi) is 11.3. The molecule has 0 aliphatic heterocycles. The van der Waals surface area contributed by atoms with E-state index in [1.54, 1.807) is 0 Å². The number of hydrogen-bond acceptors (Lipinski definition) is 2. The van der Waals surface area contributed by atoms with E-state index in [9.17, 15) is 0 Å². The van der Waals surface area contributed by atoms with Gasteiger partial charge in [0.25, 0.3) is 0 Å². The van der Waals surface area contributed by atoms with Gasteiger partial charge in [0.15, 0.2) is 0 Å². The van der Waals surface area contributed by atoms with Crippen molar-refractivity contribution in [3.63, 3.8) is 0 Å². The molecule has 0 saturated carbocycles. The zero-order chi connectivity index (χ0) is 57.8. The van der Waals surface area contributed by atoms with Crippen molar-refractivity contribution < 1.29 is 0 Å². The van der Waals surface area contributed by atoms with Crippen LogP contribution in [0.4, 0.5) is 34.1 Å². The summed E-state index contributed by atoms with van der Waals surface area (Å²) in [5.74, 6) is 0. The van der Waals surface area contributed by atoms with Gasteiger partial charge in [-0.3, -0.25) is 0 Å². The van der Waals surface area contributed by atoms with Crippen molar-refractivity contribution in [3.05, 3.63) is 328 Å². The summed E-state index contributed by atoms with van der Waals surface area (Å²) in [4.78, 5) is 4.91. The highest BCUT2D eigenvalue weighted by Gasteiger charge is 2.29. The van der Waals surface area contributed by atoms with E-state index in [1.165, 1.54) is 132 Å². The zero-order valence-corrected chi connectivity index (χ0v) is 48.1. The van der Waals surface area contributed by atoms with Gasteiger partial charge < -0.3 is 9.80 Å². The zero-order valence-electron chi connectivity index (χ0n) is 48.1. The van der Waals surface area contributed by atoms with E-state index < -0.39 is 0 Å². The average Bonchev–Trinajstić information content (AvgIpc) is 2.69. The lowest BCUT2D eigenvalue weighted by Crippen LogP contribution is -2.11. The highest BCUT2D eigenvalue weighted by molar-refractivity contribution is 6.30. The van der Waals surface area contributed by atoms with Crippen molar-refractivity contribution in [2.45, 2.75) is 0 Å². The number of anilines is 6. The van der Waals surface area contributed by atoms with Gasteiger partial charge in [0.2, 0.25) is 0 Å². The van der Waals surface area contributed by atoms with Crippen LogP contribution in [-0.2, 0) is 0 Å². The molecule has 0 bridgehead atoms. The molecule has 88 heavy (non-hydrogen) atoms. The molecule has 0 N–H and O–H groups in total. The second kappa shape index (κ2) is 20.0. The SMILES string of the molecule is c1ccc(-c2cc(-c3ccccc3)cc(N(c3ccccc3)c3ccc4c(-c5ccc6c7c(cccc57)-c5ccccc5-6)c5cc(N(c6ccccc6)c6ccc7ccccc7c6)ccc5c(-c5ccc6c7c(cccc57)-c5ccccc5-6)c4c3)c2)cc1. The summed E-state index contributed by atoms with van der Waals surface area (Å²) in [6, 6.07) is 122. The van der Waals surface area contributed by atoms with Gasteiger partial charge in [-0.15, -0.1) is 0 Å². The third kappa shape index (κ3) is 7.83. The second-order valence-corrected chi connectivity index (χ2v) is 23.5. The van der Waals surface area contributed by atoms with E-state index in [2.05, 4.69) is 337 Å². The monoisotopic (exact) mass is 1110 g/mol. The van der Waals surface area contributed by atoms with Gasteiger partial charge in [-0.05, 0) is 222 Å². The molecule has 2 heteroatoms. The van der Waals surface area contributed by atoms with Gasteiger partial charge in [0.05, 0.1) is 0 Å². The normalized spacial score (nSPS) is 11.9. The maximum absolute atomic E-state index is 2.51. The summed E-state index contributed by atoms with van der Waals surface area (Å²) in [5, 5.41) is 12.2. The fourth-order valence-corrected chi connectivity index (χ4v) is 14.8. The van der Waals surface area contributed by atoms with Crippen molar-refractivity contribution in [1.29, 1.82) is 0 Å². The van der Waals surface area contributed by atoms with Crippen LogP contribution >= 0.6 is 0 Å². The minimum atomic E-state index is 1.06. The summed E-state index contributed by atoms with van der Waals surface area (Å²) in [6.07, 6.45) is 0. The Hall–Kier alpha value is -11.6. The van der Waals surface area contributed by atoms with Crippen LogP contribution in [0.2, 0.25) is 0 Å². The molecular formula is C86H54N2. The van der Waals surface area contributed by atoms with Crippen LogP contribution in [0.3, 0.4) is 0 Å². The predicted octanol–water partition coefficient (Wildman–Crippen LogP) is 24.4. The van der Waals surface area contributed by atoms with Crippen molar-refractivity contribution >= 4 is 88.0 Å². The number of rotatable bonds is 10. The minimum absolute atomic E-state index is 1.06. The van der Waals surface area contributed by atoms with E-state index in [0.717, 1.165) is 45.3 Å². The van der Waals surface area contributed by atoms with Crippen molar-refractivity contribution in [2.75, 3.05) is 9.80 Å². The molecule has 408 valence electrons. The van der Waals surface area contributed by atoms with E-state index in [1.807, 2.05) is 0 Å². The molecule has 0 fully saturated rings. The van der Waals surface area contributed by atoms with Gasteiger partial charge in [0.1, 0.15) is 0 Å². The standard InChI is InChI=1S/C86H54N2/c1-5-21-55(22-6-1)59-49-60(56-23-7-2-8-24-56)52-66(51-59)88(62-29-11-4-12-30-62)65-42-44-80-82(54-65)86(78-48-46-76-70-34-18-16-32-68(70)72-36-20-38-74(78)84(72)76)79-43-41-64(87(61-27-9-3-10-28-61)63-40-39-57-25-13-14-26-58(57)50-63)53-81(79)85(80)77-47-45-75-69-33-17-15-31-67(69)71-35-19-37-73(77)83(71)75/h1-54H. The van der Waals surface area contributed by atoms with Gasteiger partial charge in [-0.2, -0.15) is 0 Å². The van der Waals surface area contributed by atoms with Crippen LogP contribution in [0, 0.1) is 0 Å². The summed E-state index contributed by atoms with van der Waals surface area (Å²) in [5.41, 5.74) is 26.2. The highest BCUT2D eigenvalue weighted by Crippen LogP contribution is 2.56. The van der Waals surface area contributed by atoms with Crippen molar-refractivity contribution in [2.24, 2.45) is 0 Å². The topological polar surface area (TPSA) is 6.48 Å². The molecule has 0 saturated heterocycles. The fourth-order valence-electron chi connectivity index (χ4n) is 14.8. The Morgan fingerprint density at radius 1 is 0.159 bits per heavy atom. The number of fused-ring (bicyclic) bond motifs is 9. The van der Waals surface area contributed by atoms with Crippen LogP contribution in [0.15, 0.2) is 328 Å². The van der Waals surface area contributed by atoms with E-state index in [0.29, 0.717) is 0 Å². The molecule has 0 spiro atoms. The molecule has 16 aromatic carbocycles. The number of nitrogens with zero attached hydrogens (tertiary/aromatic N) is 2. The lowest BCUT2D eigenvalue weighted by atomic mass is 9.82. The Bertz CT molecular complexity index is 5380. The molecule has 2 nitrogen and oxygen atoms in total. The van der Waals surface area contributed by atoms with Gasteiger partial charge in [-0.25, -0.2) is 0 Å². The molecule has 2 aliphatic carbocycles. The van der Waals surface area contributed by atoms with E-state index in [-0.39, 0.29) is 0 Å². The maximum atomic E-state index is 2.51. The van der Waals surface area contributed by atoms with Gasteiger partial charge >= 0.3 is 0 Å². The third-order valence-electron chi connectivity index (χ3n) is 18.6. The Morgan fingerprint density at radius 3 is 1.00 bits per heavy atom. The van der Waals surface area contributed by atoms with Crippen molar-refractivity contribution in [1.82, 2.24) is 0 Å². The first-order valence-electron chi connectivity index (χ1n) is 30.5. The Labute approximate surface area is 511 Å². The molecule has 2 aliphatic rings. The van der Waals surface area contributed by atoms with Gasteiger partial charge in [-0.1, -0.05) is 249 Å². The summed E-state index contributed by atoms with van der Waals surface area (Å²) < 4.78 is 0. The predicted molar refractivity (Wildman–Crippen MR) is 374 cm³/mol. The first kappa shape index (κ1) is 49.8.